The molecular formula is C20H18Cl2N2O2. The van der Waals surface area contributed by atoms with Gasteiger partial charge in [-0.1, -0.05) is 41.4 Å². The van der Waals surface area contributed by atoms with E-state index in [0.29, 0.717) is 35.1 Å². The normalized spacial score (nSPS) is 17.4. The van der Waals surface area contributed by atoms with Gasteiger partial charge in [-0.15, -0.1) is 0 Å². The number of aryl methyl sites for hydroxylation is 1. The number of hydrogen-bond acceptors (Lipinski definition) is 2. The van der Waals surface area contributed by atoms with Crippen LogP contribution < -0.4 is 10.2 Å². The molecule has 2 aromatic rings. The number of nitrogens with one attached hydrogen (secondary N) is 1. The molecule has 1 aliphatic heterocycles. The first-order valence-electron chi connectivity index (χ1n) is 8.68. The van der Waals surface area contributed by atoms with Crippen LogP contribution in [0.25, 0.3) is 0 Å². The first-order valence-corrected chi connectivity index (χ1v) is 9.43. The molecule has 1 N–H and O–H groups in total. The molecule has 2 amide bonds. The van der Waals surface area contributed by atoms with Crippen LogP contribution in [0.5, 0.6) is 0 Å². The second-order valence-corrected chi connectivity index (χ2v) is 7.67. The van der Waals surface area contributed by atoms with Crippen molar-refractivity contribution in [3.8, 4) is 0 Å². The lowest BCUT2D eigenvalue weighted by Gasteiger charge is -2.32. The number of hydrogen-bond donors (Lipinski definition) is 1. The van der Waals surface area contributed by atoms with E-state index in [1.807, 2.05) is 24.3 Å². The predicted octanol–water partition coefficient (Wildman–Crippen LogP) is 4.69. The smallest absolute Gasteiger partial charge is 0.242 e. The SMILES string of the molecule is O=C(Nc1ccc(Cl)c(Cl)c1)C1(C(=O)N2CCCc3ccccc32)CC1. The van der Waals surface area contributed by atoms with Crippen LogP contribution >= 0.6 is 23.2 Å². The van der Waals surface area contributed by atoms with Crippen molar-refractivity contribution in [3.05, 3.63) is 58.1 Å². The van der Waals surface area contributed by atoms with Crippen molar-refractivity contribution in [2.24, 2.45) is 5.41 Å². The molecule has 0 spiro atoms. The molecule has 1 heterocycles. The molecule has 2 aliphatic rings. The summed E-state index contributed by atoms with van der Waals surface area (Å²) >= 11 is 11.9. The van der Waals surface area contributed by atoms with Crippen LogP contribution in [0, 0.1) is 5.41 Å². The van der Waals surface area contributed by atoms with Gasteiger partial charge in [0, 0.05) is 17.9 Å². The fourth-order valence-corrected chi connectivity index (χ4v) is 3.79. The molecule has 0 atom stereocenters. The van der Waals surface area contributed by atoms with Crippen LogP contribution in [-0.2, 0) is 16.0 Å². The summed E-state index contributed by atoms with van der Waals surface area (Å²) in [5.74, 6) is -0.383. The number of para-hydroxylation sites is 1. The first-order chi connectivity index (χ1) is 12.5. The number of nitrogens with zero attached hydrogens (tertiary/aromatic N) is 1. The molecule has 0 saturated heterocycles. The van der Waals surface area contributed by atoms with Gasteiger partial charge in [-0.25, -0.2) is 0 Å². The zero-order chi connectivity index (χ0) is 18.3. The third kappa shape index (κ3) is 2.97. The number of fused-ring (bicyclic) bond motifs is 1. The molecule has 0 aromatic heterocycles. The van der Waals surface area contributed by atoms with E-state index in [0.717, 1.165) is 24.1 Å². The first kappa shape index (κ1) is 17.4. The van der Waals surface area contributed by atoms with Gasteiger partial charge in [0.15, 0.2) is 0 Å². The van der Waals surface area contributed by atoms with E-state index in [4.69, 9.17) is 23.2 Å². The number of benzene rings is 2. The molecule has 4 nitrogen and oxygen atoms in total. The van der Waals surface area contributed by atoms with E-state index < -0.39 is 5.41 Å². The van der Waals surface area contributed by atoms with Crippen LogP contribution in [0.4, 0.5) is 11.4 Å². The van der Waals surface area contributed by atoms with E-state index in [-0.39, 0.29) is 11.8 Å². The molecule has 134 valence electrons. The number of halogens is 2. The molecule has 2 aromatic carbocycles. The number of amides is 2. The molecule has 0 radical (unpaired) electrons. The van der Waals surface area contributed by atoms with E-state index in [1.54, 1.807) is 23.1 Å². The summed E-state index contributed by atoms with van der Waals surface area (Å²) in [5.41, 5.74) is 1.66. The average molecular weight is 389 g/mol. The zero-order valence-corrected chi connectivity index (χ0v) is 15.6. The molecule has 26 heavy (non-hydrogen) atoms. The van der Waals surface area contributed by atoms with Crippen LogP contribution in [-0.4, -0.2) is 18.4 Å². The molecule has 1 aliphatic carbocycles. The van der Waals surface area contributed by atoms with Crippen molar-refractivity contribution in [2.45, 2.75) is 25.7 Å². The predicted molar refractivity (Wildman–Crippen MR) is 104 cm³/mol. The molecular weight excluding hydrogens is 371 g/mol. The minimum absolute atomic E-state index is 0.109. The molecule has 0 bridgehead atoms. The lowest BCUT2D eigenvalue weighted by molar-refractivity contribution is -0.132. The molecule has 1 fully saturated rings. The van der Waals surface area contributed by atoms with E-state index in [1.165, 1.54) is 0 Å². The maximum Gasteiger partial charge on any atom is 0.242 e. The second-order valence-electron chi connectivity index (χ2n) is 6.85. The maximum absolute atomic E-state index is 13.2. The second kappa shape index (κ2) is 6.60. The van der Waals surface area contributed by atoms with Gasteiger partial charge < -0.3 is 10.2 Å². The third-order valence-corrected chi connectivity index (χ3v) is 5.87. The van der Waals surface area contributed by atoms with Crippen molar-refractivity contribution in [1.29, 1.82) is 0 Å². The zero-order valence-electron chi connectivity index (χ0n) is 14.1. The Bertz CT molecular complexity index is 893. The summed E-state index contributed by atoms with van der Waals surface area (Å²) in [6.07, 6.45) is 3.00. The number of rotatable bonds is 3. The molecule has 6 heteroatoms. The summed E-state index contributed by atoms with van der Waals surface area (Å²) in [5, 5.41) is 3.62. The fraction of sp³-hybridized carbons (Fsp3) is 0.300. The van der Waals surface area contributed by atoms with E-state index >= 15 is 0 Å². The van der Waals surface area contributed by atoms with Crippen LogP contribution in [0.1, 0.15) is 24.8 Å². The molecule has 4 rings (SSSR count). The fourth-order valence-electron chi connectivity index (χ4n) is 3.49. The maximum atomic E-state index is 13.2. The topological polar surface area (TPSA) is 49.4 Å². The lowest BCUT2D eigenvalue weighted by Crippen LogP contribution is -2.45. The van der Waals surface area contributed by atoms with Gasteiger partial charge >= 0.3 is 0 Å². The number of anilines is 2. The van der Waals surface area contributed by atoms with Gasteiger partial charge in [0.2, 0.25) is 11.8 Å². The highest BCUT2D eigenvalue weighted by Gasteiger charge is 2.58. The summed E-state index contributed by atoms with van der Waals surface area (Å²) in [7, 11) is 0. The van der Waals surface area contributed by atoms with Gasteiger partial charge in [-0.3, -0.25) is 9.59 Å². The Balaban J connectivity index is 1.56. The van der Waals surface area contributed by atoms with Gasteiger partial charge in [0.05, 0.1) is 10.0 Å². The highest BCUT2D eigenvalue weighted by molar-refractivity contribution is 6.42. The number of carbonyl (C=O) groups is 2. The van der Waals surface area contributed by atoms with Crippen LogP contribution in [0.3, 0.4) is 0 Å². The van der Waals surface area contributed by atoms with E-state index in [2.05, 4.69) is 5.32 Å². The Morgan fingerprint density at radius 2 is 1.81 bits per heavy atom. The van der Waals surface area contributed by atoms with E-state index in [9.17, 15) is 9.59 Å². The van der Waals surface area contributed by atoms with Gasteiger partial charge in [-0.05, 0) is 55.5 Å². The van der Waals surface area contributed by atoms with Crippen molar-refractivity contribution >= 4 is 46.4 Å². The monoisotopic (exact) mass is 388 g/mol. The standard InChI is InChI=1S/C20H18Cl2N2O2/c21-15-8-7-14(12-16(15)22)23-18(25)20(9-10-20)19(26)24-11-3-5-13-4-1-2-6-17(13)24/h1-2,4,6-8,12H,3,5,9-11H2,(H,23,25). The van der Waals surface area contributed by atoms with Gasteiger partial charge in [0.25, 0.3) is 0 Å². The van der Waals surface area contributed by atoms with Crippen LogP contribution in [0.15, 0.2) is 42.5 Å². The molecule has 0 unspecified atom stereocenters. The minimum atomic E-state index is -0.976. The summed E-state index contributed by atoms with van der Waals surface area (Å²) in [4.78, 5) is 27.8. The Morgan fingerprint density at radius 3 is 2.54 bits per heavy atom. The largest absolute Gasteiger partial charge is 0.325 e. The average Bonchev–Trinajstić information content (AvgIpc) is 3.46. The Hall–Kier alpha value is -2.04. The lowest BCUT2D eigenvalue weighted by atomic mass is 9.97. The Kier molecular flexibility index (Phi) is 4.41. The highest BCUT2D eigenvalue weighted by Crippen LogP contribution is 2.49. The summed E-state index contributed by atoms with van der Waals surface area (Å²) in [6.45, 7) is 0.650. The highest BCUT2D eigenvalue weighted by atomic mass is 35.5. The van der Waals surface area contributed by atoms with Gasteiger partial charge in [0.1, 0.15) is 5.41 Å². The van der Waals surface area contributed by atoms with Crippen molar-refractivity contribution in [2.75, 3.05) is 16.8 Å². The minimum Gasteiger partial charge on any atom is -0.325 e. The third-order valence-electron chi connectivity index (χ3n) is 5.13. The molecule has 1 saturated carbocycles. The summed E-state index contributed by atoms with van der Waals surface area (Å²) < 4.78 is 0. The van der Waals surface area contributed by atoms with Gasteiger partial charge in [-0.2, -0.15) is 0 Å². The van der Waals surface area contributed by atoms with Crippen molar-refractivity contribution in [1.82, 2.24) is 0 Å². The Labute approximate surface area is 162 Å². The Morgan fingerprint density at radius 1 is 1.04 bits per heavy atom. The van der Waals surface area contributed by atoms with Crippen molar-refractivity contribution < 1.29 is 9.59 Å². The van der Waals surface area contributed by atoms with Crippen LogP contribution in [0.2, 0.25) is 10.0 Å². The quantitative estimate of drug-likeness (QED) is 0.775. The number of carbonyl (C=O) groups excluding carboxylic acids is 2. The van der Waals surface area contributed by atoms with Crippen molar-refractivity contribution in [3.63, 3.8) is 0 Å². The summed E-state index contributed by atoms with van der Waals surface area (Å²) in [6, 6.07) is 12.8.